The molecule has 12 aromatic carbocycles. The van der Waals surface area contributed by atoms with E-state index in [9.17, 15) is 21.9 Å². The van der Waals surface area contributed by atoms with E-state index in [0.717, 1.165) is 63.4 Å². The first kappa shape index (κ1) is 58.2. The maximum absolute atomic E-state index is 9.39. The number of benzene rings is 12. The second kappa shape index (κ2) is 30.4. The number of hydrogen-bond acceptors (Lipinski definition) is 8. The van der Waals surface area contributed by atoms with Gasteiger partial charge in [0.2, 0.25) is 0 Å². The molecule has 0 amide bonds. The maximum Gasteiger partial charge on any atom is 0.133 e. The summed E-state index contributed by atoms with van der Waals surface area (Å²) in [6.45, 7) is 18.3. The smallest absolute Gasteiger partial charge is 0.133 e. The average molecular weight is 1630 g/mol. The number of aryl methyl sites for hydroxylation is 4. The number of fused-ring (bicyclic) bond motifs is 8. The SMILES string of the molecule is [2H]C([2H])([2H])c1ccc(-c2ccc(C([2H])([2H])C)c(-c3cccc4c3OC(C)(C)c3ccccc3SC4(C)C)c2C([2H])([2H])[2H])c(C([2H])([2H])[2H])c1-c1cccc2c1SC(C)(C)c1ccccc1OC2(C)C.[2H]C([2H])([2H])c1ccc(-c2ccc(C([2H])([2H])C)c(-c3cccc4c3SC(C)(C)c3ccccc3SC4(C)C)c2C([2H])([2H])[2H])c(C([2H])([2H])[2H])c1-c1cccc2c1SC(C)(C)c1ccccc1SC2(C)C. The Kier molecular flexibility index (Phi) is 15.5. The van der Waals surface area contributed by atoms with E-state index in [4.69, 9.17) is 17.7 Å². The molecule has 0 unspecified atom stereocenters. The van der Waals surface area contributed by atoms with E-state index in [1.54, 1.807) is 89.1 Å². The monoisotopic (exact) mass is 1630 g/mol. The van der Waals surface area contributed by atoms with Crippen molar-refractivity contribution in [2.45, 2.75) is 248 Å². The molecular formula is C106H112O2S6. The van der Waals surface area contributed by atoms with Gasteiger partial charge in [0.15, 0.2) is 0 Å². The largest absolute Gasteiger partial charge is 0.483 e. The van der Waals surface area contributed by atoms with Crippen LogP contribution in [0.3, 0.4) is 0 Å². The quantitative estimate of drug-likeness (QED) is 0.148. The third kappa shape index (κ3) is 14.6. The first-order valence-electron chi connectivity index (χ1n) is 49.7. The molecule has 0 saturated carbocycles. The maximum atomic E-state index is 9.39. The Morgan fingerprint density at radius 3 is 1.03 bits per heavy atom. The Balaban J connectivity index is 0.000000207. The fraction of sp³-hybridized carbons (Fsp3) is 0.321. The van der Waals surface area contributed by atoms with Crippen LogP contribution in [0.2, 0.25) is 0 Å². The van der Waals surface area contributed by atoms with E-state index in [-0.39, 0.29) is 89.0 Å². The normalized spacial score (nSPS) is 21.1. The third-order valence-corrected chi connectivity index (χ3v) is 30.7. The Bertz CT molecular complexity index is 5950. The minimum absolute atomic E-state index is 0.00329. The van der Waals surface area contributed by atoms with Crippen molar-refractivity contribution >= 4 is 70.6 Å². The summed E-state index contributed by atoms with van der Waals surface area (Å²) < 4.78 is 213. The van der Waals surface area contributed by atoms with Gasteiger partial charge in [-0.3, -0.25) is 0 Å². The van der Waals surface area contributed by atoms with Crippen LogP contribution in [-0.4, -0.2) is 0 Å². The minimum Gasteiger partial charge on any atom is -0.483 e. The molecule has 0 saturated heterocycles. The molecule has 0 aliphatic carbocycles. The summed E-state index contributed by atoms with van der Waals surface area (Å²) in [6.07, 6.45) is -4.16. The van der Waals surface area contributed by atoms with Crippen molar-refractivity contribution in [2.24, 2.45) is 0 Å². The molecule has 2 nitrogen and oxygen atoms in total. The number of thioether (sulfide) groups is 6. The van der Waals surface area contributed by atoms with Crippen LogP contribution >= 0.6 is 70.6 Å². The summed E-state index contributed by atoms with van der Waals surface area (Å²) >= 11 is 9.72. The van der Waals surface area contributed by atoms with Crippen LogP contribution in [-0.2, 0) is 52.4 Å². The molecule has 4 heterocycles. The van der Waals surface area contributed by atoms with Crippen LogP contribution in [0.4, 0.5) is 0 Å². The Morgan fingerprint density at radius 1 is 0.263 bits per heavy atom. The van der Waals surface area contributed by atoms with Crippen molar-refractivity contribution in [3.8, 4) is 78.3 Å². The molecule has 16 rings (SSSR count). The highest BCUT2D eigenvalue weighted by Crippen LogP contribution is 2.62. The highest BCUT2D eigenvalue weighted by Gasteiger charge is 2.43. The van der Waals surface area contributed by atoms with Crippen molar-refractivity contribution in [2.75, 3.05) is 0 Å². The predicted octanol–water partition coefficient (Wildman–Crippen LogP) is 32.4. The predicted molar refractivity (Wildman–Crippen MR) is 499 cm³/mol. The van der Waals surface area contributed by atoms with Crippen LogP contribution in [0.5, 0.6) is 11.5 Å². The van der Waals surface area contributed by atoms with Gasteiger partial charge in [-0.25, -0.2) is 0 Å². The first-order chi connectivity index (χ1) is 62.5. The Labute approximate surface area is 738 Å². The summed E-state index contributed by atoms with van der Waals surface area (Å²) in [5.74, 6) is 1.07. The van der Waals surface area contributed by atoms with Gasteiger partial charge in [-0.2, -0.15) is 0 Å². The molecule has 4 aliphatic rings. The van der Waals surface area contributed by atoms with Crippen molar-refractivity contribution < 1.29 is 39.6 Å². The standard InChI is InChI=1S/C53H56O2S2.C53H56S4/c1-13-35-29-31-37(34(4)47(35)38-20-18-24-42-48(38)55-50(5,6)41-23-15-17-27-45(41)56-53(42,11)12)36-30-28-32(2)46(33(36)3)39-21-19-25-43-49(39)57-52(9,10)40-22-14-16-26-44(40)54-51(43,7)8;1-13-35-29-31-37(34(4)47(35)39-21-19-25-43-49(39)57-51(7,8)41-23-15-17-27-45(41)55-53(43,11)12)36-30-28-32(2)46(33(36)3)38-20-18-24-42-48(38)56-50(5,6)40-22-14-16-26-44(40)54-52(42,9)10/h2*14-31H,13H2,1-12H3/i2*2D3,3D3,4D3,13D2. The molecule has 12 aromatic rings. The van der Waals surface area contributed by atoms with E-state index in [1.165, 1.54) is 68.1 Å². The van der Waals surface area contributed by atoms with Gasteiger partial charge >= 0.3 is 0 Å². The summed E-state index contributed by atoms with van der Waals surface area (Å²) in [4.78, 5) is 5.45. The van der Waals surface area contributed by atoms with Gasteiger partial charge in [-0.15, -0.1) is 70.6 Å². The molecule has 0 fully saturated rings. The average Bonchev–Trinajstić information content (AvgIpc) is 0.712. The molecule has 0 spiro atoms. The zero-order chi connectivity index (χ0) is 99.9. The van der Waals surface area contributed by atoms with Crippen molar-refractivity contribution in [3.63, 3.8) is 0 Å². The molecule has 0 N–H and O–H groups in total. The minimum atomic E-state index is -3.01. The molecular weight excluding hydrogens is 1500 g/mol. The lowest BCUT2D eigenvalue weighted by Crippen LogP contribution is -2.30. The summed E-state index contributed by atoms with van der Waals surface area (Å²) in [7, 11) is 0. The number of hydrogen-bond donors (Lipinski definition) is 0. The van der Waals surface area contributed by atoms with Crippen molar-refractivity contribution in [1.29, 1.82) is 0 Å². The van der Waals surface area contributed by atoms with Gasteiger partial charge in [-0.05, 0) is 317 Å². The van der Waals surface area contributed by atoms with E-state index in [1.807, 2.05) is 151 Å². The molecule has 0 aromatic heterocycles. The van der Waals surface area contributed by atoms with Crippen molar-refractivity contribution in [1.82, 2.24) is 0 Å². The molecule has 584 valence electrons. The van der Waals surface area contributed by atoms with Crippen LogP contribution in [0.25, 0.3) is 66.8 Å². The van der Waals surface area contributed by atoms with Crippen molar-refractivity contribution in [3.05, 3.63) is 307 Å². The number of para-hydroxylation sites is 2. The van der Waals surface area contributed by atoms with Crippen LogP contribution in [0.1, 0.15) is 244 Å². The van der Waals surface area contributed by atoms with E-state index >= 15 is 0 Å². The molecule has 0 radical (unpaired) electrons. The molecule has 4 aliphatic heterocycles. The first-order valence-corrected chi connectivity index (χ1v) is 43.6. The lowest BCUT2D eigenvalue weighted by molar-refractivity contribution is 0.103. The van der Waals surface area contributed by atoms with Crippen LogP contribution in [0.15, 0.2) is 248 Å². The topological polar surface area (TPSA) is 18.5 Å². The highest BCUT2D eigenvalue weighted by atomic mass is 32.2. The van der Waals surface area contributed by atoms with Crippen LogP contribution < -0.4 is 9.47 Å². The van der Waals surface area contributed by atoms with Gasteiger partial charge in [0, 0.05) is 116 Å². The Morgan fingerprint density at radius 2 is 0.579 bits per heavy atom. The third-order valence-electron chi connectivity index (χ3n) is 22.7. The summed E-state index contributed by atoms with van der Waals surface area (Å²) in [5.41, 5.74) is 6.15. The van der Waals surface area contributed by atoms with Gasteiger partial charge in [0.1, 0.15) is 22.7 Å². The summed E-state index contributed by atoms with van der Waals surface area (Å²) in [6, 6.07) is 66.4. The van der Waals surface area contributed by atoms with Crippen LogP contribution in [0, 0.1) is 41.1 Å². The van der Waals surface area contributed by atoms with E-state index < -0.39 is 93.5 Å². The molecule has 0 atom stereocenters. The second-order valence-corrected chi connectivity index (χ2v) is 43.6. The van der Waals surface area contributed by atoms with E-state index in [2.05, 4.69) is 106 Å². The van der Waals surface area contributed by atoms with Gasteiger partial charge in [0.25, 0.3) is 0 Å². The fourth-order valence-corrected chi connectivity index (χ4v) is 25.9. The summed E-state index contributed by atoms with van der Waals surface area (Å²) in [5, 5.41) is 0. The molecule has 114 heavy (non-hydrogen) atoms. The molecule has 0 bridgehead atoms. The second-order valence-electron chi connectivity index (χ2n) is 33.8. The van der Waals surface area contributed by atoms with Gasteiger partial charge < -0.3 is 9.47 Å². The van der Waals surface area contributed by atoms with Gasteiger partial charge in [-0.1, -0.05) is 208 Å². The zero-order valence-corrected chi connectivity index (χ0v) is 72.9. The molecule has 8 heteroatoms. The number of ether oxygens (including phenoxy) is 2. The fourth-order valence-electron chi connectivity index (χ4n) is 16.9. The lowest BCUT2D eigenvalue weighted by atomic mass is 9.82. The highest BCUT2D eigenvalue weighted by molar-refractivity contribution is 8.02. The Hall–Kier alpha value is -7.66. The number of rotatable bonds is 8. The van der Waals surface area contributed by atoms with E-state index in [0.29, 0.717) is 44.2 Å². The zero-order valence-electron chi connectivity index (χ0n) is 90.1. The van der Waals surface area contributed by atoms with Gasteiger partial charge in [0.05, 0.1) is 0 Å². The lowest BCUT2D eigenvalue weighted by Gasteiger charge is -2.39.